The number of carbonyl (C=O) groups is 2. The Morgan fingerprint density at radius 1 is 1.43 bits per heavy atom. The van der Waals surface area contributed by atoms with Crippen molar-refractivity contribution in [2.24, 2.45) is 0 Å². The van der Waals surface area contributed by atoms with Gasteiger partial charge in [-0.25, -0.2) is 13.1 Å². The molecule has 1 aliphatic heterocycles. The van der Waals surface area contributed by atoms with Crippen LogP contribution in [0.25, 0.3) is 0 Å². The van der Waals surface area contributed by atoms with E-state index < -0.39 is 40.9 Å². The van der Waals surface area contributed by atoms with Crippen LogP contribution in [-0.4, -0.2) is 73.6 Å². The summed E-state index contributed by atoms with van der Waals surface area (Å²) < 4.78 is 24.9. The zero-order valence-electron chi connectivity index (χ0n) is 13.4. The molecule has 1 heterocycles. The van der Waals surface area contributed by atoms with Crippen LogP contribution >= 0.6 is 0 Å². The van der Waals surface area contributed by atoms with Crippen molar-refractivity contribution in [2.45, 2.75) is 44.6 Å². The van der Waals surface area contributed by atoms with E-state index in [0.717, 1.165) is 6.26 Å². The minimum atomic E-state index is -3.52. The summed E-state index contributed by atoms with van der Waals surface area (Å²) in [4.78, 5) is 25.6. The number of hydrogen-bond acceptors (Lipinski definition) is 6. The molecule has 0 aliphatic carbocycles. The van der Waals surface area contributed by atoms with Crippen LogP contribution in [0.1, 0.15) is 32.6 Å². The SMILES string of the molecule is CC[C@H](NC(=O)CN1CCCCC(NS(C)(=O)=O)C1=O)B(O)O. The van der Waals surface area contributed by atoms with Crippen molar-refractivity contribution in [1.82, 2.24) is 14.9 Å². The molecule has 2 atom stereocenters. The molecule has 0 bridgehead atoms. The van der Waals surface area contributed by atoms with Gasteiger partial charge in [0.2, 0.25) is 21.8 Å². The highest BCUT2D eigenvalue weighted by molar-refractivity contribution is 7.88. The number of rotatable bonds is 7. The van der Waals surface area contributed by atoms with Crippen molar-refractivity contribution in [3.63, 3.8) is 0 Å². The molecule has 0 radical (unpaired) electrons. The smallest absolute Gasteiger partial charge is 0.426 e. The lowest BCUT2D eigenvalue weighted by atomic mass is 9.78. The molecule has 1 unspecified atom stereocenters. The average Bonchev–Trinajstić information content (AvgIpc) is 2.58. The summed E-state index contributed by atoms with van der Waals surface area (Å²) in [5, 5.41) is 20.7. The lowest BCUT2D eigenvalue weighted by molar-refractivity contribution is -0.137. The molecule has 0 saturated carbocycles. The third kappa shape index (κ3) is 6.86. The van der Waals surface area contributed by atoms with Crippen LogP contribution in [0, 0.1) is 0 Å². The van der Waals surface area contributed by atoms with Gasteiger partial charge in [-0.05, 0) is 25.7 Å². The second-order valence-electron chi connectivity index (χ2n) is 5.69. The molecule has 0 aromatic heterocycles. The first kappa shape index (κ1) is 19.9. The number of sulfonamides is 1. The van der Waals surface area contributed by atoms with Crippen LogP contribution in [0.4, 0.5) is 0 Å². The molecule has 132 valence electrons. The first-order valence-corrected chi connectivity index (χ1v) is 9.44. The maximum Gasteiger partial charge on any atom is 0.475 e. The summed E-state index contributed by atoms with van der Waals surface area (Å²) in [5.74, 6) is -1.77. The predicted molar refractivity (Wildman–Crippen MR) is 84.6 cm³/mol. The Balaban J connectivity index is 2.70. The first-order valence-electron chi connectivity index (χ1n) is 7.55. The summed E-state index contributed by atoms with van der Waals surface area (Å²) >= 11 is 0. The predicted octanol–water partition coefficient (Wildman–Crippen LogP) is -2.18. The number of nitrogens with zero attached hydrogens (tertiary/aromatic N) is 1. The third-order valence-corrected chi connectivity index (χ3v) is 4.33. The number of likely N-dealkylation sites (tertiary alicyclic amines) is 1. The van der Waals surface area contributed by atoms with Gasteiger partial charge < -0.3 is 20.3 Å². The fraction of sp³-hybridized carbons (Fsp3) is 0.833. The van der Waals surface area contributed by atoms with Crippen LogP contribution < -0.4 is 10.0 Å². The van der Waals surface area contributed by atoms with Crippen molar-refractivity contribution >= 4 is 29.0 Å². The van der Waals surface area contributed by atoms with Gasteiger partial charge >= 0.3 is 7.12 Å². The highest BCUT2D eigenvalue weighted by atomic mass is 32.2. The Morgan fingerprint density at radius 2 is 2.09 bits per heavy atom. The number of amides is 2. The van der Waals surface area contributed by atoms with Crippen molar-refractivity contribution in [3.8, 4) is 0 Å². The summed E-state index contributed by atoms with van der Waals surface area (Å²) in [5.41, 5.74) is 0. The molecule has 0 aromatic rings. The lowest BCUT2D eigenvalue weighted by Gasteiger charge is -2.25. The van der Waals surface area contributed by atoms with Crippen LogP contribution in [0.3, 0.4) is 0 Å². The third-order valence-electron chi connectivity index (χ3n) is 3.62. The Bertz CT molecular complexity index is 527. The highest BCUT2D eigenvalue weighted by Crippen LogP contribution is 2.13. The molecule has 9 nitrogen and oxygen atoms in total. The molecule has 1 fully saturated rings. The van der Waals surface area contributed by atoms with Crippen LogP contribution in [0.15, 0.2) is 0 Å². The maximum atomic E-state index is 12.4. The molecule has 4 N–H and O–H groups in total. The molecule has 2 amide bonds. The van der Waals surface area contributed by atoms with Gasteiger partial charge in [0, 0.05) is 6.54 Å². The van der Waals surface area contributed by atoms with Gasteiger partial charge in [0.05, 0.1) is 18.7 Å². The maximum absolute atomic E-state index is 12.4. The van der Waals surface area contributed by atoms with Crippen LogP contribution in [0.2, 0.25) is 0 Å². The van der Waals surface area contributed by atoms with Gasteiger partial charge in [-0.3, -0.25) is 9.59 Å². The van der Waals surface area contributed by atoms with E-state index in [0.29, 0.717) is 32.2 Å². The van der Waals surface area contributed by atoms with Gasteiger partial charge in [-0.15, -0.1) is 0 Å². The molecule has 0 spiro atoms. The number of carbonyl (C=O) groups excluding carboxylic acids is 2. The van der Waals surface area contributed by atoms with E-state index in [1.807, 2.05) is 0 Å². The number of hydrogen-bond donors (Lipinski definition) is 4. The second-order valence-corrected chi connectivity index (χ2v) is 7.47. The van der Waals surface area contributed by atoms with Gasteiger partial charge in [-0.2, -0.15) is 0 Å². The summed E-state index contributed by atoms with van der Waals surface area (Å²) in [6.45, 7) is 1.80. The van der Waals surface area contributed by atoms with Gasteiger partial charge in [-0.1, -0.05) is 6.92 Å². The monoisotopic (exact) mass is 349 g/mol. The average molecular weight is 349 g/mol. The summed E-state index contributed by atoms with van der Waals surface area (Å²) in [7, 11) is -5.20. The van der Waals surface area contributed by atoms with Gasteiger partial charge in [0.25, 0.3) is 0 Å². The Kier molecular flexibility index (Phi) is 7.45. The van der Waals surface area contributed by atoms with E-state index in [4.69, 9.17) is 10.0 Å². The van der Waals surface area contributed by atoms with Crippen LogP contribution in [0.5, 0.6) is 0 Å². The molecule has 23 heavy (non-hydrogen) atoms. The zero-order chi connectivity index (χ0) is 17.6. The van der Waals surface area contributed by atoms with Crippen LogP contribution in [-0.2, 0) is 19.6 Å². The second kappa shape index (κ2) is 8.62. The van der Waals surface area contributed by atoms with Crippen molar-refractivity contribution in [1.29, 1.82) is 0 Å². The largest absolute Gasteiger partial charge is 0.475 e. The first-order chi connectivity index (χ1) is 10.6. The minimum Gasteiger partial charge on any atom is -0.426 e. The Morgan fingerprint density at radius 3 is 2.61 bits per heavy atom. The van der Waals surface area contributed by atoms with Gasteiger partial charge in [0.15, 0.2) is 0 Å². The van der Waals surface area contributed by atoms with E-state index in [1.54, 1.807) is 6.92 Å². The van der Waals surface area contributed by atoms with Crippen molar-refractivity contribution in [2.75, 3.05) is 19.3 Å². The molecule has 1 saturated heterocycles. The fourth-order valence-electron chi connectivity index (χ4n) is 2.44. The quantitative estimate of drug-likeness (QED) is 0.386. The zero-order valence-corrected chi connectivity index (χ0v) is 14.2. The van der Waals surface area contributed by atoms with E-state index in [-0.39, 0.29) is 6.54 Å². The lowest BCUT2D eigenvalue weighted by Crippen LogP contribution is -2.52. The summed E-state index contributed by atoms with van der Waals surface area (Å²) in [6, 6.07) is -0.870. The summed E-state index contributed by atoms with van der Waals surface area (Å²) in [6.07, 6.45) is 3.04. The molecule has 1 aliphatic rings. The minimum absolute atomic E-state index is 0.246. The standard InChI is InChI=1S/C12H24BN3O6S/c1-3-10(13(19)20)14-11(17)8-16-7-5-4-6-9(12(16)18)15-23(2,21)22/h9-10,15,19-20H,3-8H2,1-2H3,(H,14,17)/t9?,10-/m0/s1. The number of nitrogens with one attached hydrogen (secondary N) is 2. The fourth-order valence-corrected chi connectivity index (χ4v) is 3.18. The van der Waals surface area contributed by atoms with E-state index in [2.05, 4.69) is 10.0 Å². The van der Waals surface area contributed by atoms with Crippen molar-refractivity contribution < 1.29 is 28.1 Å². The Labute approximate surface area is 136 Å². The highest BCUT2D eigenvalue weighted by Gasteiger charge is 2.31. The molecular formula is C12H24BN3O6S. The molecule has 11 heteroatoms. The normalized spacial score (nSPS) is 20.8. The Hall–Kier alpha value is -1.17. The van der Waals surface area contributed by atoms with Crippen molar-refractivity contribution in [3.05, 3.63) is 0 Å². The molecular weight excluding hydrogens is 325 g/mol. The molecule has 1 rings (SSSR count). The van der Waals surface area contributed by atoms with Gasteiger partial charge in [0.1, 0.15) is 6.04 Å². The topological polar surface area (TPSA) is 136 Å². The van der Waals surface area contributed by atoms with E-state index in [1.165, 1.54) is 4.90 Å². The molecule has 0 aromatic carbocycles. The van der Waals surface area contributed by atoms with E-state index in [9.17, 15) is 18.0 Å². The van der Waals surface area contributed by atoms with E-state index >= 15 is 0 Å².